The normalized spacial score (nSPS) is 14.3. The fourth-order valence-electron chi connectivity index (χ4n) is 3.62. The van der Waals surface area contributed by atoms with E-state index in [1.54, 1.807) is 17.3 Å². The summed E-state index contributed by atoms with van der Waals surface area (Å²) >= 11 is 1.28. The molecular weight excluding hydrogens is 432 g/mol. The lowest BCUT2D eigenvalue weighted by Crippen LogP contribution is -2.53. The van der Waals surface area contributed by atoms with Crippen LogP contribution in [0.15, 0.2) is 30.9 Å². The number of imidazole rings is 1. The highest BCUT2D eigenvalue weighted by Gasteiger charge is 2.26. The Kier molecular flexibility index (Phi) is 4.93. The van der Waals surface area contributed by atoms with E-state index in [-0.39, 0.29) is 12.5 Å². The third-order valence-electron chi connectivity index (χ3n) is 5.19. The molecular formula is C19H20N10O2S. The van der Waals surface area contributed by atoms with Gasteiger partial charge in [0.2, 0.25) is 5.91 Å². The van der Waals surface area contributed by atoms with Crippen molar-refractivity contribution in [3.05, 3.63) is 42.2 Å². The molecule has 0 aliphatic carbocycles. The quantitative estimate of drug-likeness (QED) is 0.413. The molecule has 3 amide bonds. The summed E-state index contributed by atoms with van der Waals surface area (Å²) in [4.78, 5) is 35.7. The molecule has 32 heavy (non-hydrogen) atoms. The van der Waals surface area contributed by atoms with Gasteiger partial charge in [0, 0.05) is 31.0 Å². The maximum Gasteiger partial charge on any atom is 0.315 e. The van der Waals surface area contributed by atoms with Gasteiger partial charge in [-0.1, -0.05) is 0 Å². The Morgan fingerprint density at radius 1 is 1.34 bits per heavy atom. The molecule has 1 saturated heterocycles. The van der Waals surface area contributed by atoms with Gasteiger partial charge >= 0.3 is 6.03 Å². The summed E-state index contributed by atoms with van der Waals surface area (Å²) in [6.07, 6.45) is 7.26. The highest BCUT2D eigenvalue weighted by molar-refractivity contribution is 7.10. The minimum Gasteiger partial charge on any atom is -0.351 e. The first kappa shape index (κ1) is 19.9. The Morgan fingerprint density at radius 2 is 2.22 bits per heavy atom. The molecule has 0 radical (unpaired) electrons. The zero-order valence-corrected chi connectivity index (χ0v) is 18.0. The maximum atomic E-state index is 12.3. The minimum absolute atomic E-state index is 0.00531. The number of amides is 3. The number of nitrogens with zero attached hydrogens (tertiary/aromatic N) is 7. The molecule has 0 unspecified atom stereocenters. The van der Waals surface area contributed by atoms with Crippen molar-refractivity contribution in [1.82, 2.24) is 38.7 Å². The van der Waals surface area contributed by atoms with Gasteiger partial charge in [0.1, 0.15) is 11.5 Å². The SMILES string of the molecule is Cc1cn2c(-c3cn[nH]c3)cnc2c(Nc2cc(CN3CCN(C(N)=O)CC3=O)ns2)n1. The average Bonchev–Trinajstić information content (AvgIpc) is 3.50. The molecule has 1 fully saturated rings. The molecule has 0 saturated carbocycles. The summed E-state index contributed by atoms with van der Waals surface area (Å²) in [6, 6.07) is 1.31. The smallest absolute Gasteiger partial charge is 0.315 e. The van der Waals surface area contributed by atoms with Crippen LogP contribution < -0.4 is 11.1 Å². The number of rotatable bonds is 5. The van der Waals surface area contributed by atoms with Gasteiger partial charge in [-0.05, 0) is 24.5 Å². The van der Waals surface area contributed by atoms with Crippen molar-refractivity contribution in [3.8, 4) is 11.3 Å². The van der Waals surface area contributed by atoms with Gasteiger partial charge < -0.3 is 20.9 Å². The number of aryl methyl sites for hydroxylation is 1. The third kappa shape index (κ3) is 3.73. The lowest BCUT2D eigenvalue weighted by atomic mass is 10.3. The fourth-order valence-corrected chi connectivity index (χ4v) is 4.28. The standard InChI is InChI=1S/C19H20N10O2S/c1-11-8-29-14(12-5-22-23-6-12)7-21-18(29)17(24-11)25-15-4-13(26-32-15)9-27-2-3-28(19(20)31)10-16(27)30/h4-8H,2-3,9-10H2,1H3,(H2,20,31)(H,22,23)(H,24,25). The number of fused-ring (bicyclic) bond motifs is 1. The van der Waals surface area contributed by atoms with Crippen molar-refractivity contribution in [2.24, 2.45) is 5.73 Å². The van der Waals surface area contributed by atoms with Crippen LogP contribution in [0.4, 0.5) is 15.6 Å². The highest BCUT2D eigenvalue weighted by Crippen LogP contribution is 2.27. The number of nitrogens with one attached hydrogen (secondary N) is 2. The van der Waals surface area contributed by atoms with E-state index in [2.05, 4.69) is 29.9 Å². The van der Waals surface area contributed by atoms with Crippen LogP contribution in [0, 0.1) is 6.92 Å². The topological polar surface area (TPSA) is 150 Å². The second-order valence-electron chi connectivity index (χ2n) is 7.44. The van der Waals surface area contributed by atoms with Crippen molar-refractivity contribution >= 4 is 39.9 Å². The molecule has 12 nitrogen and oxygen atoms in total. The van der Waals surface area contributed by atoms with Crippen LogP contribution in [0.3, 0.4) is 0 Å². The van der Waals surface area contributed by atoms with Gasteiger partial charge in [0.15, 0.2) is 11.5 Å². The second kappa shape index (κ2) is 7.92. The monoisotopic (exact) mass is 452 g/mol. The van der Waals surface area contributed by atoms with Crippen molar-refractivity contribution in [2.75, 3.05) is 25.0 Å². The van der Waals surface area contributed by atoms with E-state index in [1.807, 2.05) is 29.8 Å². The van der Waals surface area contributed by atoms with Gasteiger partial charge in [-0.15, -0.1) is 0 Å². The number of hydrogen-bond donors (Lipinski definition) is 3. The van der Waals surface area contributed by atoms with E-state index in [1.165, 1.54) is 16.4 Å². The largest absolute Gasteiger partial charge is 0.351 e. The molecule has 0 aromatic carbocycles. The predicted octanol–water partition coefficient (Wildman–Crippen LogP) is 1.35. The van der Waals surface area contributed by atoms with E-state index in [0.29, 0.717) is 31.1 Å². The molecule has 13 heteroatoms. The number of urea groups is 1. The van der Waals surface area contributed by atoms with Crippen LogP contribution in [-0.4, -0.2) is 70.3 Å². The Hall–Kier alpha value is -4.00. The number of aromatic nitrogens is 6. The summed E-state index contributed by atoms with van der Waals surface area (Å²) in [6.45, 7) is 3.12. The van der Waals surface area contributed by atoms with Crippen LogP contribution in [-0.2, 0) is 11.3 Å². The first-order valence-electron chi connectivity index (χ1n) is 9.86. The second-order valence-corrected chi connectivity index (χ2v) is 8.24. The van der Waals surface area contributed by atoms with Gasteiger partial charge in [-0.25, -0.2) is 14.8 Å². The van der Waals surface area contributed by atoms with E-state index >= 15 is 0 Å². The lowest BCUT2D eigenvalue weighted by molar-refractivity contribution is -0.135. The molecule has 0 spiro atoms. The zero-order chi connectivity index (χ0) is 22.2. The summed E-state index contributed by atoms with van der Waals surface area (Å²) in [5, 5.41) is 10.9. The van der Waals surface area contributed by atoms with Crippen molar-refractivity contribution in [1.29, 1.82) is 0 Å². The van der Waals surface area contributed by atoms with Crippen molar-refractivity contribution < 1.29 is 9.59 Å². The number of piperazine rings is 1. The molecule has 1 aliphatic rings. The van der Waals surface area contributed by atoms with E-state index < -0.39 is 6.03 Å². The van der Waals surface area contributed by atoms with Gasteiger partial charge in [-0.2, -0.15) is 9.47 Å². The number of carbonyl (C=O) groups excluding carboxylic acids is 2. The van der Waals surface area contributed by atoms with E-state index in [0.717, 1.165) is 27.6 Å². The van der Waals surface area contributed by atoms with Crippen LogP contribution in [0.5, 0.6) is 0 Å². The number of anilines is 2. The van der Waals surface area contributed by atoms with Crippen LogP contribution in [0.25, 0.3) is 16.9 Å². The first-order valence-corrected chi connectivity index (χ1v) is 10.6. The molecule has 1 aliphatic heterocycles. The van der Waals surface area contributed by atoms with Crippen LogP contribution in [0.2, 0.25) is 0 Å². The highest BCUT2D eigenvalue weighted by atomic mass is 32.1. The number of carbonyl (C=O) groups is 2. The Bertz CT molecular complexity index is 1290. The molecule has 5 heterocycles. The molecule has 4 aromatic heterocycles. The molecule has 4 N–H and O–H groups in total. The minimum atomic E-state index is -0.579. The fraction of sp³-hybridized carbons (Fsp3) is 0.263. The zero-order valence-electron chi connectivity index (χ0n) is 17.1. The van der Waals surface area contributed by atoms with Crippen LogP contribution >= 0.6 is 11.5 Å². The number of hydrogen-bond acceptors (Lipinski definition) is 8. The van der Waals surface area contributed by atoms with E-state index in [9.17, 15) is 9.59 Å². The third-order valence-corrected chi connectivity index (χ3v) is 5.93. The molecule has 4 aromatic rings. The van der Waals surface area contributed by atoms with Gasteiger partial charge in [0.25, 0.3) is 0 Å². The number of nitrogens with two attached hydrogens (primary N) is 1. The number of primary amides is 1. The Morgan fingerprint density at radius 3 is 2.97 bits per heavy atom. The first-order chi connectivity index (χ1) is 15.5. The summed E-state index contributed by atoms with van der Waals surface area (Å²) < 4.78 is 6.42. The lowest BCUT2D eigenvalue weighted by Gasteiger charge is -2.32. The molecule has 164 valence electrons. The van der Waals surface area contributed by atoms with E-state index in [4.69, 9.17) is 5.73 Å². The number of H-pyrrole nitrogens is 1. The van der Waals surface area contributed by atoms with Crippen molar-refractivity contribution in [2.45, 2.75) is 13.5 Å². The van der Waals surface area contributed by atoms with Crippen molar-refractivity contribution in [3.63, 3.8) is 0 Å². The predicted molar refractivity (Wildman–Crippen MR) is 117 cm³/mol. The molecule has 0 atom stereocenters. The molecule has 0 bridgehead atoms. The van der Waals surface area contributed by atoms with Gasteiger partial charge in [0.05, 0.1) is 36.0 Å². The summed E-state index contributed by atoms with van der Waals surface area (Å²) in [7, 11) is 0. The average molecular weight is 453 g/mol. The Balaban J connectivity index is 1.34. The van der Waals surface area contributed by atoms with Crippen LogP contribution in [0.1, 0.15) is 11.4 Å². The Labute approximate surface area is 186 Å². The summed E-state index contributed by atoms with van der Waals surface area (Å²) in [5.41, 5.74) is 9.35. The summed E-state index contributed by atoms with van der Waals surface area (Å²) in [5.74, 6) is 0.463. The molecule has 5 rings (SSSR count). The number of aromatic amines is 1. The maximum absolute atomic E-state index is 12.3. The van der Waals surface area contributed by atoms with Gasteiger partial charge in [-0.3, -0.25) is 14.3 Å².